The van der Waals surface area contributed by atoms with Gasteiger partial charge in [-0.15, -0.1) is 0 Å². The SMILES string of the molecule is C[C@H](CNC(=O)C[C@@H](O)c1ccc(Cl)cc1)N1CCOC[C@H]1C. The first-order valence-corrected chi connectivity index (χ1v) is 8.39. The quantitative estimate of drug-likeness (QED) is 0.831. The van der Waals surface area contributed by atoms with Crippen LogP contribution in [0.25, 0.3) is 0 Å². The first-order valence-electron chi connectivity index (χ1n) is 8.01. The lowest BCUT2D eigenvalue weighted by atomic mass is 10.1. The highest BCUT2D eigenvalue weighted by Gasteiger charge is 2.24. The topological polar surface area (TPSA) is 61.8 Å². The number of hydrogen-bond donors (Lipinski definition) is 2. The van der Waals surface area contributed by atoms with Crippen LogP contribution in [0.5, 0.6) is 0 Å². The van der Waals surface area contributed by atoms with Gasteiger partial charge in [0.05, 0.1) is 25.7 Å². The third kappa shape index (κ3) is 5.46. The second-order valence-corrected chi connectivity index (χ2v) is 6.52. The van der Waals surface area contributed by atoms with E-state index in [0.717, 1.165) is 19.8 Å². The maximum Gasteiger partial charge on any atom is 0.223 e. The molecule has 0 saturated carbocycles. The molecule has 1 aliphatic rings. The van der Waals surface area contributed by atoms with Crippen LogP contribution in [-0.2, 0) is 9.53 Å². The van der Waals surface area contributed by atoms with Crippen LogP contribution >= 0.6 is 11.6 Å². The van der Waals surface area contributed by atoms with Crippen LogP contribution in [0.1, 0.15) is 31.9 Å². The fraction of sp³-hybridized carbons (Fsp3) is 0.588. The number of amides is 1. The number of morpholine rings is 1. The molecule has 2 N–H and O–H groups in total. The summed E-state index contributed by atoms with van der Waals surface area (Å²) in [5, 5.41) is 13.6. The Kier molecular flexibility index (Phi) is 6.84. The van der Waals surface area contributed by atoms with Gasteiger partial charge in [-0.2, -0.15) is 0 Å². The van der Waals surface area contributed by atoms with E-state index in [2.05, 4.69) is 24.1 Å². The minimum Gasteiger partial charge on any atom is -0.388 e. The van der Waals surface area contributed by atoms with Gasteiger partial charge in [-0.3, -0.25) is 9.69 Å². The first kappa shape index (κ1) is 18.2. The van der Waals surface area contributed by atoms with Crippen molar-refractivity contribution in [2.24, 2.45) is 0 Å². The van der Waals surface area contributed by atoms with Crippen molar-refractivity contribution in [3.63, 3.8) is 0 Å². The average molecular weight is 341 g/mol. The van der Waals surface area contributed by atoms with Gasteiger partial charge >= 0.3 is 0 Å². The number of nitrogens with one attached hydrogen (secondary N) is 1. The predicted molar refractivity (Wildman–Crippen MR) is 90.5 cm³/mol. The van der Waals surface area contributed by atoms with E-state index in [9.17, 15) is 9.90 Å². The minimum absolute atomic E-state index is 0.0486. The van der Waals surface area contributed by atoms with Crippen LogP contribution in [0.3, 0.4) is 0 Å². The largest absolute Gasteiger partial charge is 0.388 e. The molecule has 1 aromatic rings. The third-order valence-corrected chi connectivity index (χ3v) is 4.47. The van der Waals surface area contributed by atoms with Crippen LogP contribution in [-0.4, -0.2) is 54.3 Å². The Morgan fingerprint density at radius 3 is 2.83 bits per heavy atom. The molecule has 0 aromatic heterocycles. The number of rotatable bonds is 6. The van der Waals surface area contributed by atoms with Crippen molar-refractivity contribution in [3.8, 4) is 0 Å². The summed E-state index contributed by atoms with van der Waals surface area (Å²) >= 11 is 5.82. The normalized spacial score (nSPS) is 21.7. The van der Waals surface area contributed by atoms with Gasteiger partial charge in [-0.25, -0.2) is 0 Å². The lowest BCUT2D eigenvalue weighted by Crippen LogP contribution is -2.51. The fourth-order valence-electron chi connectivity index (χ4n) is 2.82. The highest BCUT2D eigenvalue weighted by molar-refractivity contribution is 6.30. The summed E-state index contributed by atoms with van der Waals surface area (Å²) in [4.78, 5) is 14.4. The molecule has 1 aromatic carbocycles. The van der Waals surface area contributed by atoms with Crippen molar-refractivity contribution in [3.05, 3.63) is 34.9 Å². The van der Waals surface area contributed by atoms with E-state index in [-0.39, 0.29) is 18.4 Å². The number of halogens is 1. The van der Waals surface area contributed by atoms with Gasteiger partial charge in [0, 0.05) is 30.2 Å². The number of carbonyl (C=O) groups excluding carboxylic acids is 1. The van der Waals surface area contributed by atoms with E-state index in [1.165, 1.54) is 0 Å². The van der Waals surface area contributed by atoms with Gasteiger partial charge in [0.2, 0.25) is 5.91 Å². The van der Waals surface area contributed by atoms with Gasteiger partial charge in [-0.05, 0) is 31.5 Å². The molecular weight excluding hydrogens is 316 g/mol. The lowest BCUT2D eigenvalue weighted by molar-refractivity contribution is -0.123. The standard InChI is InChI=1S/C17H25ClN2O3/c1-12(20-7-8-23-11-13(20)2)10-19-17(22)9-16(21)14-3-5-15(18)6-4-14/h3-6,12-13,16,21H,7-11H2,1-2H3,(H,19,22)/t12-,13-,16-/m1/s1. The Morgan fingerprint density at radius 1 is 1.48 bits per heavy atom. The lowest BCUT2D eigenvalue weighted by Gasteiger charge is -2.37. The molecule has 0 spiro atoms. The number of nitrogens with zero attached hydrogens (tertiary/aromatic N) is 1. The minimum atomic E-state index is -0.815. The van der Waals surface area contributed by atoms with E-state index in [4.69, 9.17) is 16.3 Å². The Labute approximate surface area is 142 Å². The van der Waals surface area contributed by atoms with E-state index < -0.39 is 6.10 Å². The molecule has 0 radical (unpaired) electrons. The number of hydrogen-bond acceptors (Lipinski definition) is 4. The van der Waals surface area contributed by atoms with Crippen molar-refractivity contribution < 1.29 is 14.6 Å². The van der Waals surface area contributed by atoms with Crippen LogP contribution < -0.4 is 5.32 Å². The number of aliphatic hydroxyl groups excluding tert-OH is 1. The van der Waals surface area contributed by atoms with Crippen molar-refractivity contribution in [2.45, 2.75) is 38.5 Å². The van der Waals surface area contributed by atoms with E-state index >= 15 is 0 Å². The van der Waals surface area contributed by atoms with E-state index in [1.807, 2.05) is 0 Å². The van der Waals surface area contributed by atoms with Crippen molar-refractivity contribution in [1.29, 1.82) is 0 Å². The van der Waals surface area contributed by atoms with Crippen LogP contribution in [0.15, 0.2) is 24.3 Å². The highest BCUT2D eigenvalue weighted by atomic mass is 35.5. The number of ether oxygens (including phenoxy) is 1. The van der Waals surface area contributed by atoms with E-state index in [1.54, 1.807) is 24.3 Å². The van der Waals surface area contributed by atoms with Gasteiger partial charge in [0.1, 0.15) is 0 Å². The molecular formula is C17H25ClN2O3. The fourth-order valence-corrected chi connectivity index (χ4v) is 2.95. The zero-order chi connectivity index (χ0) is 16.8. The number of carbonyl (C=O) groups is 1. The Morgan fingerprint density at radius 2 is 2.17 bits per heavy atom. The summed E-state index contributed by atoms with van der Waals surface area (Å²) < 4.78 is 5.43. The first-order chi connectivity index (χ1) is 11.0. The molecule has 1 aliphatic heterocycles. The van der Waals surface area contributed by atoms with Gasteiger partial charge in [0.15, 0.2) is 0 Å². The monoisotopic (exact) mass is 340 g/mol. The number of aliphatic hydroxyl groups is 1. The highest BCUT2D eigenvalue weighted by Crippen LogP contribution is 2.19. The number of benzene rings is 1. The molecule has 1 fully saturated rings. The van der Waals surface area contributed by atoms with Crippen LogP contribution in [0.2, 0.25) is 5.02 Å². The molecule has 0 bridgehead atoms. The maximum atomic E-state index is 12.0. The molecule has 128 valence electrons. The van der Waals surface area contributed by atoms with Crippen molar-refractivity contribution in [1.82, 2.24) is 10.2 Å². The molecule has 2 rings (SSSR count). The van der Waals surface area contributed by atoms with Crippen LogP contribution in [0, 0.1) is 0 Å². The summed E-state index contributed by atoms with van der Waals surface area (Å²) in [5.41, 5.74) is 0.694. The molecule has 0 unspecified atom stereocenters. The Bertz CT molecular complexity index is 509. The van der Waals surface area contributed by atoms with Gasteiger partial charge in [0.25, 0.3) is 0 Å². The summed E-state index contributed by atoms with van der Waals surface area (Å²) in [6.45, 7) is 7.13. The molecule has 3 atom stereocenters. The summed E-state index contributed by atoms with van der Waals surface area (Å²) in [6, 6.07) is 7.48. The Balaban J connectivity index is 1.76. The van der Waals surface area contributed by atoms with Gasteiger partial charge in [-0.1, -0.05) is 23.7 Å². The summed E-state index contributed by atoms with van der Waals surface area (Å²) in [7, 11) is 0. The zero-order valence-corrected chi connectivity index (χ0v) is 14.4. The third-order valence-electron chi connectivity index (χ3n) is 4.21. The summed E-state index contributed by atoms with van der Waals surface area (Å²) in [5.74, 6) is -0.153. The van der Waals surface area contributed by atoms with E-state index in [0.29, 0.717) is 23.2 Å². The molecule has 0 aliphatic carbocycles. The zero-order valence-electron chi connectivity index (χ0n) is 13.7. The smallest absolute Gasteiger partial charge is 0.223 e. The molecule has 23 heavy (non-hydrogen) atoms. The van der Waals surface area contributed by atoms with Crippen molar-refractivity contribution >= 4 is 17.5 Å². The summed E-state index contributed by atoms with van der Waals surface area (Å²) in [6.07, 6.45) is -0.766. The predicted octanol–water partition coefficient (Wildman–Crippen LogP) is 1.99. The maximum absolute atomic E-state index is 12.0. The second-order valence-electron chi connectivity index (χ2n) is 6.09. The van der Waals surface area contributed by atoms with Crippen LogP contribution in [0.4, 0.5) is 0 Å². The molecule has 1 heterocycles. The average Bonchev–Trinajstić information content (AvgIpc) is 2.53. The Hall–Kier alpha value is -1.14. The molecule has 1 saturated heterocycles. The van der Waals surface area contributed by atoms with Gasteiger partial charge < -0.3 is 15.2 Å². The molecule has 1 amide bonds. The molecule has 6 heteroatoms. The van der Waals surface area contributed by atoms with Crippen molar-refractivity contribution in [2.75, 3.05) is 26.3 Å². The second kappa shape index (κ2) is 8.64. The molecule has 5 nitrogen and oxygen atoms in total.